The van der Waals surface area contributed by atoms with Crippen molar-refractivity contribution in [3.05, 3.63) is 95.7 Å². The average Bonchev–Trinajstić information content (AvgIpc) is 3.18. The summed E-state index contributed by atoms with van der Waals surface area (Å²) in [4.78, 5) is 24.2. The van der Waals surface area contributed by atoms with Gasteiger partial charge in [0.2, 0.25) is 0 Å². The van der Waals surface area contributed by atoms with Crippen molar-refractivity contribution in [3.8, 4) is 11.4 Å². The van der Waals surface area contributed by atoms with Gasteiger partial charge < -0.3 is 14.4 Å². The number of aryl methyl sites for hydroxylation is 1. The Hall–Kier alpha value is -3.86. The Morgan fingerprint density at radius 1 is 0.935 bits per heavy atom. The standard InChI is InChI=1S/C26H23NO4/c1-31-21-11-7-19(8-12-21)16-25(28)23-17-27(20-5-3-2-4-6-20)24-13-9-18(15-22(23)24)10-14-26(29)30/h2-9,11-13,15,17H,10,14,16H2,1H3,(H,29,30). The van der Waals surface area contributed by atoms with E-state index in [1.807, 2.05) is 83.6 Å². The fourth-order valence-electron chi connectivity index (χ4n) is 3.73. The normalized spacial score (nSPS) is 10.9. The van der Waals surface area contributed by atoms with Crippen LogP contribution in [0.15, 0.2) is 79.0 Å². The molecule has 5 nitrogen and oxygen atoms in total. The van der Waals surface area contributed by atoms with Crippen molar-refractivity contribution in [1.82, 2.24) is 4.57 Å². The van der Waals surface area contributed by atoms with E-state index in [2.05, 4.69) is 0 Å². The van der Waals surface area contributed by atoms with Crippen LogP contribution in [-0.4, -0.2) is 28.5 Å². The maximum atomic E-state index is 13.3. The fraction of sp³-hybridized carbons (Fsp3) is 0.154. The molecule has 0 saturated heterocycles. The lowest BCUT2D eigenvalue weighted by Crippen LogP contribution is -2.03. The number of hydrogen-bond acceptors (Lipinski definition) is 3. The van der Waals surface area contributed by atoms with Gasteiger partial charge in [0, 0.05) is 35.7 Å². The van der Waals surface area contributed by atoms with Crippen LogP contribution in [0.3, 0.4) is 0 Å². The number of rotatable bonds is 8. The molecule has 0 aliphatic heterocycles. The van der Waals surface area contributed by atoms with E-state index in [1.54, 1.807) is 7.11 Å². The number of benzene rings is 3. The van der Waals surface area contributed by atoms with Crippen molar-refractivity contribution in [2.75, 3.05) is 7.11 Å². The van der Waals surface area contributed by atoms with Crippen molar-refractivity contribution in [2.45, 2.75) is 19.3 Å². The van der Waals surface area contributed by atoms with E-state index < -0.39 is 5.97 Å². The average molecular weight is 413 g/mol. The number of ether oxygens (including phenoxy) is 1. The molecule has 156 valence electrons. The van der Waals surface area contributed by atoms with Crippen LogP contribution in [0.2, 0.25) is 0 Å². The first kappa shape index (κ1) is 20.4. The third kappa shape index (κ3) is 4.51. The van der Waals surface area contributed by atoms with E-state index in [-0.39, 0.29) is 18.6 Å². The monoisotopic (exact) mass is 413 g/mol. The first-order chi connectivity index (χ1) is 15.0. The molecule has 0 aliphatic carbocycles. The number of aliphatic carboxylic acids is 1. The maximum Gasteiger partial charge on any atom is 0.303 e. The minimum absolute atomic E-state index is 0.0141. The highest BCUT2D eigenvalue weighted by Crippen LogP contribution is 2.28. The van der Waals surface area contributed by atoms with Gasteiger partial charge in [-0.1, -0.05) is 36.4 Å². The van der Waals surface area contributed by atoms with Gasteiger partial charge >= 0.3 is 5.97 Å². The van der Waals surface area contributed by atoms with Crippen molar-refractivity contribution in [2.24, 2.45) is 0 Å². The quantitative estimate of drug-likeness (QED) is 0.409. The molecular formula is C26H23NO4. The Bertz CT molecular complexity index is 1220. The number of ketones is 1. The van der Waals surface area contributed by atoms with Crippen molar-refractivity contribution in [1.29, 1.82) is 0 Å². The molecule has 0 aliphatic rings. The van der Waals surface area contributed by atoms with Gasteiger partial charge in [0.15, 0.2) is 5.78 Å². The summed E-state index contributed by atoms with van der Waals surface area (Å²) >= 11 is 0. The van der Waals surface area contributed by atoms with E-state index in [1.165, 1.54) is 0 Å². The third-order valence-electron chi connectivity index (χ3n) is 5.35. The summed E-state index contributed by atoms with van der Waals surface area (Å²) in [5.74, 6) is -0.0713. The Morgan fingerprint density at radius 3 is 2.32 bits per heavy atom. The van der Waals surface area contributed by atoms with E-state index >= 15 is 0 Å². The summed E-state index contributed by atoms with van der Waals surface area (Å²) in [5, 5.41) is 9.86. The fourth-order valence-corrected chi connectivity index (χ4v) is 3.73. The number of nitrogens with zero attached hydrogens (tertiary/aromatic N) is 1. The first-order valence-corrected chi connectivity index (χ1v) is 10.1. The lowest BCUT2D eigenvalue weighted by atomic mass is 10.00. The second-order valence-electron chi connectivity index (χ2n) is 7.44. The SMILES string of the molecule is COc1ccc(CC(=O)c2cn(-c3ccccc3)c3ccc(CCC(=O)O)cc23)cc1. The van der Waals surface area contributed by atoms with E-state index in [4.69, 9.17) is 9.84 Å². The summed E-state index contributed by atoms with van der Waals surface area (Å²) in [7, 11) is 1.61. The number of hydrogen-bond donors (Lipinski definition) is 1. The van der Waals surface area contributed by atoms with E-state index in [0.717, 1.165) is 33.5 Å². The molecule has 0 unspecified atom stereocenters. The van der Waals surface area contributed by atoms with Crippen LogP contribution in [0.25, 0.3) is 16.6 Å². The molecule has 3 aromatic carbocycles. The molecule has 4 rings (SSSR count). The molecule has 0 amide bonds. The van der Waals surface area contributed by atoms with Gasteiger partial charge in [0.25, 0.3) is 0 Å². The van der Waals surface area contributed by atoms with Gasteiger partial charge in [-0.3, -0.25) is 9.59 Å². The molecule has 0 radical (unpaired) electrons. The van der Waals surface area contributed by atoms with E-state index in [0.29, 0.717) is 12.0 Å². The van der Waals surface area contributed by atoms with Crippen molar-refractivity contribution in [3.63, 3.8) is 0 Å². The lowest BCUT2D eigenvalue weighted by Gasteiger charge is -2.06. The molecule has 1 aromatic heterocycles. The molecule has 5 heteroatoms. The van der Waals surface area contributed by atoms with Gasteiger partial charge in [0.05, 0.1) is 12.6 Å². The van der Waals surface area contributed by atoms with Crippen molar-refractivity contribution < 1.29 is 19.4 Å². The Morgan fingerprint density at radius 2 is 1.65 bits per heavy atom. The van der Waals surface area contributed by atoms with Crippen LogP contribution in [0, 0.1) is 0 Å². The molecule has 0 atom stereocenters. The number of carboxylic acid groups (broad SMARTS) is 1. The van der Waals surface area contributed by atoms with Gasteiger partial charge in [-0.2, -0.15) is 0 Å². The topological polar surface area (TPSA) is 68.5 Å². The summed E-state index contributed by atoms with van der Waals surface area (Å²) in [6.45, 7) is 0. The molecule has 1 heterocycles. The second kappa shape index (κ2) is 8.88. The number of Topliss-reactive ketones (excluding diaryl/α,β-unsaturated/α-hetero) is 1. The highest BCUT2D eigenvalue weighted by molar-refractivity contribution is 6.09. The summed E-state index contributed by atoms with van der Waals surface area (Å²) < 4.78 is 7.20. The van der Waals surface area contributed by atoms with Crippen LogP contribution in [0.1, 0.15) is 27.9 Å². The number of carboxylic acids is 1. The predicted molar refractivity (Wildman–Crippen MR) is 120 cm³/mol. The number of aromatic nitrogens is 1. The predicted octanol–water partition coefficient (Wildman–Crippen LogP) is 5.08. The zero-order chi connectivity index (χ0) is 21.8. The van der Waals surface area contributed by atoms with Gasteiger partial charge in [0.1, 0.15) is 5.75 Å². The van der Waals surface area contributed by atoms with Crippen molar-refractivity contribution >= 4 is 22.7 Å². The number of carbonyl (C=O) groups excluding carboxylic acids is 1. The van der Waals surface area contributed by atoms with Crippen LogP contribution < -0.4 is 4.74 Å². The molecule has 4 aromatic rings. The first-order valence-electron chi connectivity index (χ1n) is 10.1. The lowest BCUT2D eigenvalue weighted by molar-refractivity contribution is -0.136. The van der Waals surface area contributed by atoms with Gasteiger partial charge in [-0.05, 0) is 53.9 Å². The highest BCUT2D eigenvalue weighted by atomic mass is 16.5. The zero-order valence-electron chi connectivity index (χ0n) is 17.2. The van der Waals surface area contributed by atoms with Crippen LogP contribution >= 0.6 is 0 Å². The summed E-state index contributed by atoms with van der Waals surface area (Å²) in [6.07, 6.45) is 2.64. The minimum Gasteiger partial charge on any atom is -0.497 e. The molecule has 0 spiro atoms. The largest absolute Gasteiger partial charge is 0.497 e. The third-order valence-corrected chi connectivity index (χ3v) is 5.35. The zero-order valence-corrected chi connectivity index (χ0v) is 17.2. The molecule has 31 heavy (non-hydrogen) atoms. The highest BCUT2D eigenvalue weighted by Gasteiger charge is 2.17. The Kier molecular flexibility index (Phi) is 5.85. The van der Waals surface area contributed by atoms with Crippen LogP contribution in [0.4, 0.5) is 0 Å². The number of carbonyl (C=O) groups is 2. The number of para-hydroxylation sites is 1. The molecule has 0 saturated carbocycles. The Labute approximate surface area is 180 Å². The van der Waals surface area contributed by atoms with Crippen LogP contribution in [-0.2, 0) is 17.6 Å². The minimum atomic E-state index is -0.835. The Balaban J connectivity index is 1.74. The molecule has 1 N–H and O–H groups in total. The van der Waals surface area contributed by atoms with Gasteiger partial charge in [-0.25, -0.2) is 0 Å². The number of methoxy groups -OCH3 is 1. The molecule has 0 bridgehead atoms. The smallest absolute Gasteiger partial charge is 0.303 e. The molecular weight excluding hydrogens is 390 g/mol. The van der Waals surface area contributed by atoms with Crippen LogP contribution in [0.5, 0.6) is 5.75 Å². The maximum absolute atomic E-state index is 13.3. The second-order valence-corrected chi connectivity index (χ2v) is 7.44. The van der Waals surface area contributed by atoms with E-state index in [9.17, 15) is 9.59 Å². The summed E-state index contributed by atoms with van der Waals surface area (Å²) in [6, 6.07) is 23.2. The summed E-state index contributed by atoms with van der Waals surface area (Å²) in [5.41, 5.74) is 4.33. The molecule has 0 fully saturated rings. The van der Waals surface area contributed by atoms with Gasteiger partial charge in [-0.15, -0.1) is 0 Å². The number of fused-ring (bicyclic) bond motifs is 1.